The van der Waals surface area contributed by atoms with E-state index in [4.69, 9.17) is 0 Å². The third-order valence-electron chi connectivity index (χ3n) is 12.0. The Hall–Kier alpha value is -6.70. The summed E-state index contributed by atoms with van der Waals surface area (Å²) in [6.45, 7) is 4.77. The number of nitrogens with zero attached hydrogens (tertiary/aromatic N) is 1. The highest BCUT2D eigenvalue weighted by Crippen LogP contribution is 2.51. The Bertz CT molecular complexity index is 2980. The summed E-state index contributed by atoms with van der Waals surface area (Å²) in [6.07, 6.45) is 0. The Morgan fingerprint density at radius 3 is 1.44 bits per heavy atom. The van der Waals surface area contributed by atoms with Gasteiger partial charge in [-0.1, -0.05) is 159 Å². The van der Waals surface area contributed by atoms with Crippen molar-refractivity contribution in [2.45, 2.75) is 19.3 Å². The lowest BCUT2D eigenvalue weighted by Crippen LogP contribution is -2.15. The minimum Gasteiger partial charge on any atom is -0.309 e. The van der Waals surface area contributed by atoms with Gasteiger partial charge >= 0.3 is 0 Å². The van der Waals surface area contributed by atoms with Crippen LogP contribution in [0.25, 0.3) is 93.5 Å². The standard InChI is InChI=1S/C53H37N/c1-53(2)49-32-37(34-12-4-3-5-13-34)22-26-45(49)46-27-25-40(33-50(46)53)54-51-28-23-38(43-20-10-16-35-14-6-8-18-41(35)43)30-47(51)48-31-39(24-29-52(48)54)44-21-11-17-36-15-7-9-19-42(36)44/h3-33H,1-2H3. The molecule has 54 heavy (non-hydrogen) atoms. The fourth-order valence-corrected chi connectivity index (χ4v) is 9.27. The molecule has 1 aliphatic carbocycles. The van der Waals surface area contributed by atoms with E-state index in [1.54, 1.807) is 0 Å². The van der Waals surface area contributed by atoms with Gasteiger partial charge in [-0.3, -0.25) is 0 Å². The summed E-state index contributed by atoms with van der Waals surface area (Å²) in [6, 6.07) is 69.7. The molecule has 0 radical (unpaired) electrons. The van der Waals surface area contributed by atoms with E-state index in [0.717, 1.165) is 0 Å². The molecule has 1 heterocycles. The molecule has 0 amide bonds. The van der Waals surface area contributed by atoms with Crippen molar-refractivity contribution in [3.05, 3.63) is 199 Å². The topological polar surface area (TPSA) is 4.93 Å². The number of hydrogen-bond donors (Lipinski definition) is 0. The van der Waals surface area contributed by atoms with E-state index in [1.165, 1.54) is 105 Å². The largest absolute Gasteiger partial charge is 0.309 e. The predicted molar refractivity (Wildman–Crippen MR) is 230 cm³/mol. The van der Waals surface area contributed by atoms with Crippen molar-refractivity contribution in [3.8, 4) is 50.2 Å². The van der Waals surface area contributed by atoms with E-state index in [0.29, 0.717) is 0 Å². The summed E-state index contributed by atoms with van der Waals surface area (Å²) in [7, 11) is 0. The molecule has 10 aromatic rings. The average molecular weight is 688 g/mol. The van der Waals surface area contributed by atoms with Crippen molar-refractivity contribution in [3.63, 3.8) is 0 Å². The Morgan fingerprint density at radius 1 is 0.333 bits per heavy atom. The molecular formula is C53H37N. The summed E-state index contributed by atoms with van der Waals surface area (Å²) in [4.78, 5) is 0. The lowest BCUT2D eigenvalue weighted by molar-refractivity contribution is 0.660. The molecule has 0 bridgehead atoms. The first kappa shape index (κ1) is 30.9. The van der Waals surface area contributed by atoms with E-state index in [-0.39, 0.29) is 5.41 Å². The van der Waals surface area contributed by atoms with Gasteiger partial charge in [-0.2, -0.15) is 0 Å². The SMILES string of the molecule is CC1(C)c2cc(-c3ccccc3)ccc2-c2ccc(-n3c4ccc(-c5cccc6ccccc56)cc4c4cc(-c5cccc6ccccc56)ccc43)cc21. The maximum absolute atomic E-state index is 2.49. The van der Waals surface area contributed by atoms with Crippen LogP contribution >= 0.6 is 0 Å². The fourth-order valence-electron chi connectivity index (χ4n) is 9.27. The third kappa shape index (κ3) is 4.58. The Kier molecular flexibility index (Phi) is 6.66. The number of benzene rings is 9. The van der Waals surface area contributed by atoms with Crippen LogP contribution in [0.3, 0.4) is 0 Å². The second-order valence-corrected chi connectivity index (χ2v) is 15.3. The fraction of sp³-hybridized carbons (Fsp3) is 0.0566. The molecule has 0 N–H and O–H groups in total. The van der Waals surface area contributed by atoms with Crippen molar-refractivity contribution in [2.75, 3.05) is 0 Å². The first-order chi connectivity index (χ1) is 26.5. The molecule has 254 valence electrons. The monoisotopic (exact) mass is 687 g/mol. The first-order valence-corrected chi connectivity index (χ1v) is 18.9. The van der Waals surface area contributed by atoms with Gasteiger partial charge in [0.2, 0.25) is 0 Å². The molecule has 1 nitrogen and oxygen atoms in total. The lowest BCUT2D eigenvalue weighted by atomic mass is 9.81. The number of hydrogen-bond acceptors (Lipinski definition) is 0. The summed E-state index contributed by atoms with van der Waals surface area (Å²) in [5.74, 6) is 0. The Labute approximate surface area is 315 Å². The van der Waals surface area contributed by atoms with Crippen LogP contribution < -0.4 is 0 Å². The maximum atomic E-state index is 2.49. The van der Waals surface area contributed by atoms with Gasteiger partial charge in [0.05, 0.1) is 11.0 Å². The molecule has 1 aliphatic rings. The van der Waals surface area contributed by atoms with Gasteiger partial charge in [0.15, 0.2) is 0 Å². The van der Waals surface area contributed by atoms with Crippen LogP contribution in [0.2, 0.25) is 0 Å². The van der Waals surface area contributed by atoms with Crippen molar-refractivity contribution in [1.29, 1.82) is 0 Å². The number of rotatable bonds is 4. The molecule has 0 unspecified atom stereocenters. The molecule has 9 aromatic carbocycles. The molecule has 1 heteroatoms. The van der Waals surface area contributed by atoms with E-state index in [1.807, 2.05) is 0 Å². The Morgan fingerprint density at radius 2 is 0.833 bits per heavy atom. The van der Waals surface area contributed by atoms with Gasteiger partial charge in [0, 0.05) is 21.9 Å². The summed E-state index contributed by atoms with van der Waals surface area (Å²) in [5, 5.41) is 7.58. The van der Waals surface area contributed by atoms with Gasteiger partial charge in [0.25, 0.3) is 0 Å². The molecule has 0 aliphatic heterocycles. The second kappa shape index (κ2) is 11.7. The van der Waals surface area contributed by atoms with E-state index < -0.39 is 0 Å². The minimum atomic E-state index is -0.146. The van der Waals surface area contributed by atoms with Gasteiger partial charge in [-0.25, -0.2) is 0 Å². The number of fused-ring (bicyclic) bond motifs is 8. The van der Waals surface area contributed by atoms with Crippen LogP contribution in [0.4, 0.5) is 0 Å². The van der Waals surface area contributed by atoms with E-state index in [9.17, 15) is 0 Å². The smallest absolute Gasteiger partial charge is 0.0541 e. The van der Waals surface area contributed by atoms with Crippen LogP contribution in [-0.4, -0.2) is 4.57 Å². The quantitative estimate of drug-likeness (QED) is 0.174. The van der Waals surface area contributed by atoms with Crippen molar-refractivity contribution < 1.29 is 0 Å². The highest BCUT2D eigenvalue weighted by Gasteiger charge is 2.36. The molecule has 0 saturated carbocycles. The van der Waals surface area contributed by atoms with Crippen LogP contribution in [0, 0.1) is 0 Å². The van der Waals surface area contributed by atoms with Crippen LogP contribution in [0.15, 0.2) is 188 Å². The molecule has 0 saturated heterocycles. The Balaban J connectivity index is 1.13. The zero-order chi connectivity index (χ0) is 36.0. The second-order valence-electron chi connectivity index (χ2n) is 15.3. The molecule has 1 aromatic heterocycles. The van der Waals surface area contributed by atoms with Gasteiger partial charge in [0.1, 0.15) is 0 Å². The molecule has 11 rings (SSSR count). The molecular weight excluding hydrogens is 651 g/mol. The highest BCUT2D eigenvalue weighted by molar-refractivity contribution is 6.13. The zero-order valence-electron chi connectivity index (χ0n) is 30.3. The van der Waals surface area contributed by atoms with Crippen LogP contribution in [0.1, 0.15) is 25.0 Å². The summed E-state index contributed by atoms with van der Waals surface area (Å²) >= 11 is 0. The number of aromatic nitrogens is 1. The minimum absolute atomic E-state index is 0.146. The van der Waals surface area contributed by atoms with Crippen LogP contribution in [0.5, 0.6) is 0 Å². The van der Waals surface area contributed by atoms with Crippen LogP contribution in [-0.2, 0) is 5.41 Å². The summed E-state index contributed by atoms with van der Waals surface area (Å²) in [5.41, 5.74) is 16.4. The first-order valence-electron chi connectivity index (χ1n) is 18.9. The zero-order valence-corrected chi connectivity index (χ0v) is 30.3. The van der Waals surface area contributed by atoms with E-state index >= 15 is 0 Å². The van der Waals surface area contributed by atoms with E-state index in [2.05, 4.69) is 206 Å². The maximum Gasteiger partial charge on any atom is 0.0541 e. The van der Waals surface area contributed by atoms with Gasteiger partial charge in [-0.15, -0.1) is 0 Å². The van der Waals surface area contributed by atoms with Crippen molar-refractivity contribution in [2.24, 2.45) is 0 Å². The average Bonchev–Trinajstić information content (AvgIpc) is 3.67. The normalized spacial score (nSPS) is 13.1. The molecule has 0 atom stereocenters. The molecule has 0 spiro atoms. The van der Waals surface area contributed by atoms with Crippen molar-refractivity contribution >= 4 is 43.4 Å². The third-order valence-corrected chi connectivity index (χ3v) is 12.0. The molecule has 0 fully saturated rings. The van der Waals surface area contributed by atoms with Gasteiger partial charge in [-0.05, 0) is 120 Å². The lowest BCUT2D eigenvalue weighted by Gasteiger charge is -2.23. The van der Waals surface area contributed by atoms with Gasteiger partial charge < -0.3 is 4.57 Å². The van der Waals surface area contributed by atoms with Crippen molar-refractivity contribution in [1.82, 2.24) is 4.57 Å². The summed E-state index contributed by atoms with van der Waals surface area (Å²) < 4.78 is 2.49. The highest BCUT2D eigenvalue weighted by atomic mass is 15.0. The predicted octanol–water partition coefficient (Wildman–Crippen LogP) is 14.4.